The van der Waals surface area contributed by atoms with Crippen LogP contribution in [0.15, 0.2) is 84.0 Å². The molecule has 1 aromatic heterocycles. The minimum Gasteiger partial charge on any atom is -0.480 e. The van der Waals surface area contributed by atoms with Gasteiger partial charge < -0.3 is 10.4 Å². The molecular weight excluding hydrogens is 573 g/mol. The number of sulfonamides is 1. The molecule has 0 radical (unpaired) electrons. The van der Waals surface area contributed by atoms with Crippen molar-refractivity contribution in [1.82, 2.24) is 10.3 Å². The van der Waals surface area contributed by atoms with Crippen molar-refractivity contribution in [1.29, 1.82) is 0 Å². The lowest BCUT2D eigenvalue weighted by atomic mass is 10.0. The highest BCUT2D eigenvalue weighted by atomic mass is 35.5. The highest BCUT2D eigenvalue weighted by Gasteiger charge is 2.36. The fourth-order valence-electron chi connectivity index (χ4n) is 4.40. The van der Waals surface area contributed by atoms with Gasteiger partial charge in [0.15, 0.2) is 0 Å². The van der Waals surface area contributed by atoms with Gasteiger partial charge in [-0.1, -0.05) is 61.2 Å². The third kappa shape index (κ3) is 6.55. The molecule has 208 valence electrons. The number of amides is 1. The molecule has 0 saturated carbocycles. The van der Waals surface area contributed by atoms with Crippen molar-refractivity contribution in [3.63, 3.8) is 0 Å². The molecule has 0 fully saturated rings. The average Bonchev–Trinajstić information content (AvgIpc) is 2.93. The van der Waals surface area contributed by atoms with Crippen LogP contribution in [0.25, 0.3) is 10.8 Å². The SMILES string of the molecule is CCCCC(C(=O)O)N(c1ccc2c(C(=O)NCc3ccncc3)cccc2c1)S(=O)(=O)c1cc(Cl)cc(Cl)c1. The fraction of sp³-hybridized carbons (Fsp3) is 0.207. The number of halogens is 2. The number of benzene rings is 3. The van der Waals surface area contributed by atoms with Crippen LogP contribution in [-0.4, -0.2) is 36.4 Å². The maximum absolute atomic E-state index is 14.0. The predicted molar refractivity (Wildman–Crippen MR) is 156 cm³/mol. The molecule has 11 heteroatoms. The maximum Gasteiger partial charge on any atom is 0.327 e. The summed E-state index contributed by atoms with van der Waals surface area (Å²) in [5.74, 6) is -1.59. The number of hydrogen-bond acceptors (Lipinski definition) is 5. The highest BCUT2D eigenvalue weighted by Crippen LogP contribution is 2.34. The second kappa shape index (κ2) is 12.7. The Bertz CT molecular complexity index is 1630. The van der Waals surface area contributed by atoms with Gasteiger partial charge in [-0.05, 0) is 71.3 Å². The molecule has 1 heterocycles. The lowest BCUT2D eigenvalue weighted by Gasteiger charge is -2.30. The first kappa shape index (κ1) is 29.3. The van der Waals surface area contributed by atoms with E-state index in [9.17, 15) is 23.1 Å². The molecule has 4 rings (SSSR count). The Balaban J connectivity index is 1.78. The number of hydrogen-bond donors (Lipinski definition) is 2. The first-order chi connectivity index (χ1) is 19.1. The summed E-state index contributed by atoms with van der Waals surface area (Å²) in [6.45, 7) is 2.20. The number of carbonyl (C=O) groups excluding carboxylic acids is 1. The molecule has 1 unspecified atom stereocenters. The van der Waals surface area contributed by atoms with E-state index in [1.54, 1.807) is 54.9 Å². The molecule has 3 aromatic carbocycles. The molecule has 0 aliphatic carbocycles. The number of nitrogens with one attached hydrogen (secondary N) is 1. The van der Waals surface area contributed by atoms with Gasteiger partial charge in [-0.15, -0.1) is 0 Å². The van der Waals surface area contributed by atoms with E-state index >= 15 is 0 Å². The number of carboxylic acid groups (broad SMARTS) is 1. The van der Waals surface area contributed by atoms with E-state index < -0.39 is 22.0 Å². The molecular formula is C29H27Cl2N3O5S. The second-order valence-corrected chi connectivity index (χ2v) is 11.8. The van der Waals surface area contributed by atoms with Crippen LogP contribution in [0.2, 0.25) is 10.0 Å². The van der Waals surface area contributed by atoms with Crippen LogP contribution in [0.3, 0.4) is 0 Å². The van der Waals surface area contributed by atoms with Crippen molar-refractivity contribution in [3.05, 3.63) is 100 Å². The number of carboxylic acids is 1. The second-order valence-electron chi connectivity index (χ2n) is 9.15. The number of aliphatic carboxylic acids is 1. The zero-order valence-corrected chi connectivity index (χ0v) is 23.9. The average molecular weight is 601 g/mol. The van der Waals surface area contributed by atoms with Gasteiger partial charge in [0.05, 0.1) is 10.6 Å². The van der Waals surface area contributed by atoms with Gasteiger partial charge in [-0.25, -0.2) is 13.2 Å². The van der Waals surface area contributed by atoms with Crippen molar-refractivity contribution < 1.29 is 23.1 Å². The molecule has 1 amide bonds. The maximum atomic E-state index is 14.0. The number of aromatic nitrogens is 1. The Hall–Kier alpha value is -3.66. The number of pyridine rings is 1. The molecule has 1 atom stereocenters. The van der Waals surface area contributed by atoms with E-state index in [0.717, 1.165) is 9.87 Å². The van der Waals surface area contributed by atoms with Crippen molar-refractivity contribution in [3.8, 4) is 0 Å². The molecule has 8 nitrogen and oxygen atoms in total. The molecule has 0 aliphatic rings. The van der Waals surface area contributed by atoms with Gasteiger partial charge in [-0.3, -0.25) is 14.1 Å². The van der Waals surface area contributed by atoms with Gasteiger partial charge in [0, 0.05) is 34.5 Å². The first-order valence-electron chi connectivity index (χ1n) is 12.5. The molecule has 4 aromatic rings. The summed E-state index contributed by atoms with van der Waals surface area (Å²) in [6, 6.07) is 15.9. The summed E-state index contributed by atoms with van der Waals surface area (Å²) in [5, 5.41) is 14.4. The smallest absolute Gasteiger partial charge is 0.327 e. The number of fused-ring (bicyclic) bond motifs is 1. The Kier molecular flexibility index (Phi) is 9.29. The summed E-state index contributed by atoms with van der Waals surface area (Å²) < 4.78 is 28.8. The highest BCUT2D eigenvalue weighted by molar-refractivity contribution is 7.93. The van der Waals surface area contributed by atoms with Gasteiger partial charge in [-0.2, -0.15) is 0 Å². The number of rotatable bonds is 11. The predicted octanol–water partition coefficient (Wildman–Crippen LogP) is 6.31. The molecule has 40 heavy (non-hydrogen) atoms. The Morgan fingerprint density at radius 1 is 1.00 bits per heavy atom. The lowest BCUT2D eigenvalue weighted by molar-refractivity contribution is -0.138. The Labute approximate surface area is 242 Å². The zero-order valence-electron chi connectivity index (χ0n) is 21.6. The van der Waals surface area contributed by atoms with Crippen molar-refractivity contribution >= 4 is 61.6 Å². The van der Waals surface area contributed by atoms with E-state index in [2.05, 4.69) is 10.3 Å². The Morgan fingerprint density at radius 2 is 1.70 bits per heavy atom. The summed E-state index contributed by atoms with van der Waals surface area (Å²) in [5.41, 5.74) is 1.43. The van der Waals surface area contributed by atoms with Crippen LogP contribution >= 0.6 is 23.2 Å². The number of nitrogens with zero attached hydrogens (tertiary/aromatic N) is 2. The van der Waals surface area contributed by atoms with Crippen LogP contribution in [-0.2, 0) is 21.4 Å². The van der Waals surface area contributed by atoms with Gasteiger partial charge in [0.2, 0.25) is 0 Å². The molecule has 0 spiro atoms. The van der Waals surface area contributed by atoms with E-state index in [-0.39, 0.29) is 33.0 Å². The zero-order chi connectivity index (χ0) is 28.9. The summed E-state index contributed by atoms with van der Waals surface area (Å²) in [7, 11) is -4.41. The largest absolute Gasteiger partial charge is 0.480 e. The van der Waals surface area contributed by atoms with Crippen LogP contribution in [0, 0.1) is 0 Å². The van der Waals surface area contributed by atoms with Gasteiger partial charge in [0.25, 0.3) is 15.9 Å². The molecule has 0 saturated heterocycles. The van der Waals surface area contributed by atoms with Gasteiger partial charge >= 0.3 is 5.97 Å². The minimum atomic E-state index is -4.41. The van der Waals surface area contributed by atoms with E-state index in [4.69, 9.17) is 23.2 Å². The monoisotopic (exact) mass is 599 g/mol. The third-order valence-electron chi connectivity index (χ3n) is 6.36. The fourth-order valence-corrected chi connectivity index (χ4v) is 6.76. The third-order valence-corrected chi connectivity index (χ3v) is 8.61. The quantitative estimate of drug-likeness (QED) is 0.208. The number of carbonyl (C=O) groups is 2. The van der Waals surface area contributed by atoms with Crippen molar-refractivity contribution in [2.24, 2.45) is 0 Å². The van der Waals surface area contributed by atoms with Crippen LogP contribution in [0.1, 0.15) is 42.1 Å². The number of unbranched alkanes of at least 4 members (excludes halogenated alkanes) is 1. The summed E-state index contributed by atoms with van der Waals surface area (Å²) >= 11 is 12.2. The van der Waals surface area contributed by atoms with E-state index in [1.165, 1.54) is 24.3 Å². The lowest BCUT2D eigenvalue weighted by Crippen LogP contribution is -2.45. The Morgan fingerprint density at radius 3 is 2.35 bits per heavy atom. The summed E-state index contributed by atoms with van der Waals surface area (Å²) in [6.07, 6.45) is 4.55. The van der Waals surface area contributed by atoms with Crippen molar-refractivity contribution in [2.75, 3.05) is 4.31 Å². The van der Waals surface area contributed by atoms with Gasteiger partial charge in [0.1, 0.15) is 6.04 Å². The standard InChI is InChI=1S/C29H27Cl2N3O5S/c1-2-3-7-27(29(36)37)34(40(38,39)24-16-21(30)15-22(31)17-24)23-8-9-25-20(14-23)5-4-6-26(25)28(35)33-18-19-10-12-32-13-11-19/h4-6,8-17,27H,2-3,7,18H2,1H3,(H,33,35)(H,36,37). The normalized spacial score (nSPS) is 12.2. The minimum absolute atomic E-state index is 0.0921. The summed E-state index contributed by atoms with van der Waals surface area (Å²) in [4.78, 5) is 29.2. The van der Waals surface area contributed by atoms with Crippen molar-refractivity contribution in [2.45, 2.75) is 43.7 Å². The van der Waals surface area contributed by atoms with Crippen LogP contribution < -0.4 is 9.62 Å². The van der Waals surface area contributed by atoms with E-state index in [0.29, 0.717) is 35.7 Å². The molecule has 0 bridgehead atoms. The van der Waals surface area contributed by atoms with Crippen LogP contribution in [0.5, 0.6) is 0 Å². The molecule has 0 aliphatic heterocycles. The van der Waals surface area contributed by atoms with Crippen LogP contribution in [0.4, 0.5) is 5.69 Å². The molecule has 2 N–H and O–H groups in total. The number of anilines is 1. The topological polar surface area (TPSA) is 117 Å². The first-order valence-corrected chi connectivity index (χ1v) is 14.7. The van der Waals surface area contributed by atoms with E-state index in [1.807, 2.05) is 6.92 Å².